The number of hydrogen-bond donors (Lipinski definition) is 1. The van der Waals surface area contributed by atoms with Crippen molar-refractivity contribution in [3.05, 3.63) is 35.4 Å². The maximum atomic E-state index is 11.2. The van der Waals surface area contributed by atoms with Gasteiger partial charge in [-0.05, 0) is 42.7 Å². The molecular formula is C14H17NO. The Hall–Kier alpha value is -1.31. The van der Waals surface area contributed by atoms with Crippen LogP contribution in [-0.2, 0) is 17.6 Å². The highest BCUT2D eigenvalue weighted by Crippen LogP contribution is 2.30. The van der Waals surface area contributed by atoms with Crippen LogP contribution in [0, 0.1) is 5.92 Å². The van der Waals surface area contributed by atoms with Gasteiger partial charge >= 0.3 is 0 Å². The zero-order valence-electron chi connectivity index (χ0n) is 9.41. The van der Waals surface area contributed by atoms with Gasteiger partial charge in [0, 0.05) is 12.5 Å². The molecule has 1 heterocycles. The molecule has 0 saturated carbocycles. The maximum Gasteiger partial charge on any atom is 0.220 e. The highest BCUT2D eigenvalue weighted by atomic mass is 16.1. The fourth-order valence-electron chi connectivity index (χ4n) is 3.06. The number of carbonyl (C=O) groups excluding carboxylic acids is 1. The van der Waals surface area contributed by atoms with E-state index in [0.29, 0.717) is 12.0 Å². The average Bonchev–Trinajstić information content (AvgIpc) is 2.75. The fourth-order valence-corrected chi connectivity index (χ4v) is 3.06. The largest absolute Gasteiger partial charge is 0.353 e. The molecule has 84 valence electrons. The lowest BCUT2D eigenvalue weighted by Gasteiger charge is -2.29. The van der Waals surface area contributed by atoms with Crippen LogP contribution >= 0.6 is 0 Å². The smallest absolute Gasteiger partial charge is 0.220 e. The highest BCUT2D eigenvalue weighted by molar-refractivity contribution is 5.78. The van der Waals surface area contributed by atoms with Crippen molar-refractivity contribution in [1.82, 2.24) is 5.32 Å². The quantitative estimate of drug-likeness (QED) is 0.763. The topological polar surface area (TPSA) is 29.1 Å². The van der Waals surface area contributed by atoms with Gasteiger partial charge in [-0.15, -0.1) is 0 Å². The Labute approximate surface area is 96.1 Å². The lowest BCUT2D eigenvalue weighted by Crippen LogP contribution is -2.35. The molecule has 1 aliphatic carbocycles. The number of aryl methyl sites for hydroxylation is 1. The SMILES string of the molecule is O=C1CC[C@@H]([C@@H]2CCc3ccccc3C2)N1. The van der Waals surface area contributed by atoms with E-state index in [0.717, 1.165) is 19.3 Å². The van der Waals surface area contributed by atoms with Gasteiger partial charge in [0.2, 0.25) is 5.91 Å². The van der Waals surface area contributed by atoms with E-state index in [-0.39, 0.29) is 5.91 Å². The van der Waals surface area contributed by atoms with Crippen LogP contribution in [0.5, 0.6) is 0 Å². The summed E-state index contributed by atoms with van der Waals surface area (Å²) >= 11 is 0. The summed E-state index contributed by atoms with van der Waals surface area (Å²) in [4.78, 5) is 11.2. The molecule has 1 aromatic rings. The summed E-state index contributed by atoms with van der Waals surface area (Å²) in [5.74, 6) is 0.894. The van der Waals surface area contributed by atoms with E-state index in [1.165, 1.54) is 24.0 Å². The van der Waals surface area contributed by atoms with Gasteiger partial charge in [-0.25, -0.2) is 0 Å². The van der Waals surface area contributed by atoms with Crippen LogP contribution in [0.3, 0.4) is 0 Å². The third-order valence-corrected chi connectivity index (χ3v) is 3.98. The molecule has 1 amide bonds. The van der Waals surface area contributed by atoms with Crippen molar-refractivity contribution < 1.29 is 4.79 Å². The molecule has 1 aromatic carbocycles. The summed E-state index contributed by atoms with van der Waals surface area (Å²) in [6.07, 6.45) is 5.30. The van der Waals surface area contributed by atoms with Crippen molar-refractivity contribution >= 4 is 5.91 Å². The number of fused-ring (bicyclic) bond motifs is 1. The van der Waals surface area contributed by atoms with Gasteiger partial charge in [-0.2, -0.15) is 0 Å². The van der Waals surface area contributed by atoms with Crippen LogP contribution < -0.4 is 5.32 Å². The van der Waals surface area contributed by atoms with Crippen molar-refractivity contribution in [3.63, 3.8) is 0 Å². The first-order valence-electron chi connectivity index (χ1n) is 6.19. The van der Waals surface area contributed by atoms with Crippen LogP contribution in [0.1, 0.15) is 30.4 Å². The molecular weight excluding hydrogens is 198 g/mol. The molecule has 16 heavy (non-hydrogen) atoms. The third-order valence-electron chi connectivity index (χ3n) is 3.98. The number of carbonyl (C=O) groups is 1. The fraction of sp³-hybridized carbons (Fsp3) is 0.500. The van der Waals surface area contributed by atoms with Crippen LogP contribution in [0.15, 0.2) is 24.3 Å². The Morgan fingerprint density at radius 2 is 1.88 bits per heavy atom. The van der Waals surface area contributed by atoms with Gasteiger partial charge in [0.1, 0.15) is 0 Å². The molecule has 2 nitrogen and oxygen atoms in total. The molecule has 0 aromatic heterocycles. The Balaban J connectivity index is 1.75. The van der Waals surface area contributed by atoms with Gasteiger partial charge in [-0.3, -0.25) is 4.79 Å². The molecule has 3 rings (SSSR count). The Morgan fingerprint density at radius 3 is 2.62 bits per heavy atom. The minimum Gasteiger partial charge on any atom is -0.353 e. The summed E-state index contributed by atoms with van der Waals surface area (Å²) in [5.41, 5.74) is 2.99. The van der Waals surface area contributed by atoms with Crippen LogP contribution in [0.4, 0.5) is 0 Å². The molecule has 1 N–H and O–H groups in total. The van der Waals surface area contributed by atoms with E-state index in [9.17, 15) is 4.79 Å². The summed E-state index contributed by atoms with van der Waals surface area (Å²) in [6, 6.07) is 9.14. The number of benzene rings is 1. The van der Waals surface area contributed by atoms with Crippen LogP contribution in [-0.4, -0.2) is 11.9 Å². The number of nitrogens with one attached hydrogen (secondary N) is 1. The predicted molar refractivity (Wildman–Crippen MR) is 63.1 cm³/mol. The second kappa shape index (κ2) is 3.93. The van der Waals surface area contributed by atoms with E-state index in [4.69, 9.17) is 0 Å². The molecule has 1 fully saturated rings. The van der Waals surface area contributed by atoms with E-state index >= 15 is 0 Å². The van der Waals surface area contributed by atoms with Gasteiger partial charge in [-0.1, -0.05) is 24.3 Å². The first kappa shape index (κ1) is 9.88. The Bertz CT molecular complexity index is 413. The molecule has 0 bridgehead atoms. The molecule has 0 radical (unpaired) electrons. The highest BCUT2D eigenvalue weighted by Gasteiger charge is 2.30. The third kappa shape index (κ3) is 1.73. The monoisotopic (exact) mass is 215 g/mol. The van der Waals surface area contributed by atoms with Gasteiger partial charge in [0.05, 0.1) is 0 Å². The minimum atomic E-state index is 0.240. The molecule has 0 spiro atoms. The van der Waals surface area contributed by atoms with Crippen LogP contribution in [0.2, 0.25) is 0 Å². The predicted octanol–water partition coefficient (Wildman–Crippen LogP) is 2.07. The number of hydrogen-bond acceptors (Lipinski definition) is 1. The first-order valence-corrected chi connectivity index (χ1v) is 6.19. The molecule has 1 saturated heterocycles. The van der Waals surface area contributed by atoms with E-state index < -0.39 is 0 Å². The first-order chi connectivity index (χ1) is 7.83. The second-order valence-corrected chi connectivity index (χ2v) is 4.98. The Kier molecular flexibility index (Phi) is 2.43. The summed E-state index contributed by atoms with van der Waals surface area (Å²) in [5, 5.41) is 3.12. The lowest BCUT2D eigenvalue weighted by molar-refractivity contribution is -0.119. The second-order valence-electron chi connectivity index (χ2n) is 4.98. The average molecular weight is 215 g/mol. The maximum absolute atomic E-state index is 11.2. The van der Waals surface area contributed by atoms with Crippen molar-refractivity contribution in [2.45, 2.75) is 38.1 Å². The standard InChI is InChI=1S/C14H17NO/c16-14-8-7-13(15-14)12-6-5-10-3-1-2-4-11(10)9-12/h1-4,12-13H,5-9H2,(H,15,16)/t12-,13+/m1/s1. The summed E-state index contributed by atoms with van der Waals surface area (Å²) in [6.45, 7) is 0. The number of rotatable bonds is 1. The van der Waals surface area contributed by atoms with Gasteiger partial charge in [0.15, 0.2) is 0 Å². The van der Waals surface area contributed by atoms with Crippen molar-refractivity contribution in [3.8, 4) is 0 Å². The minimum absolute atomic E-state index is 0.240. The van der Waals surface area contributed by atoms with Crippen molar-refractivity contribution in [1.29, 1.82) is 0 Å². The zero-order chi connectivity index (χ0) is 11.0. The lowest BCUT2D eigenvalue weighted by atomic mass is 9.80. The molecule has 1 aliphatic heterocycles. The zero-order valence-corrected chi connectivity index (χ0v) is 9.41. The Morgan fingerprint density at radius 1 is 1.06 bits per heavy atom. The van der Waals surface area contributed by atoms with Gasteiger partial charge in [0.25, 0.3) is 0 Å². The van der Waals surface area contributed by atoms with Crippen molar-refractivity contribution in [2.75, 3.05) is 0 Å². The summed E-state index contributed by atoms with van der Waals surface area (Å²) < 4.78 is 0. The van der Waals surface area contributed by atoms with E-state index in [2.05, 4.69) is 29.6 Å². The van der Waals surface area contributed by atoms with E-state index in [1.807, 2.05) is 0 Å². The van der Waals surface area contributed by atoms with E-state index in [1.54, 1.807) is 0 Å². The molecule has 2 heteroatoms. The molecule has 2 atom stereocenters. The van der Waals surface area contributed by atoms with Gasteiger partial charge < -0.3 is 5.32 Å². The summed E-state index contributed by atoms with van der Waals surface area (Å²) in [7, 11) is 0. The number of amides is 1. The molecule has 0 unspecified atom stereocenters. The van der Waals surface area contributed by atoms with Crippen LogP contribution in [0.25, 0.3) is 0 Å². The molecule has 2 aliphatic rings. The van der Waals surface area contributed by atoms with Crippen molar-refractivity contribution in [2.24, 2.45) is 5.92 Å². The normalized spacial score (nSPS) is 28.6.